The fraction of sp³-hybridized carbons (Fsp3) is 0. The maximum atomic E-state index is 8.74. The van der Waals surface area contributed by atoms with Gasteiger partial charge in [0, 0.05) is 52.7 Å². The Morgan fingerprint density at radius 3 is 1.29 bits per heavy atom. The predicted octanol–water partition coefficient (Wildman–Crippen LogP) is -1.62. The van der Waals surface area contributed by atoms with Crippen LogP contribution in [0.5, 0.6) is 0 Å². The molecular formula is H2CoNiO3SiZn. The van der Waals surface area contributed by atoms with Gasteiger partial charge in [-0.25, -0.2) is 0 Å². The predicted molar refractivity (Wildman–Crippen MR) is 10.9 cm³/mol. The van der Waals surface area contributed by atoms with E-state index in [2.05, 4.69) is 0 Å². The Kier molecular flexibility index (Phi) is 53.8. The van der Waals surface area contributed by atoms with E-state index in [-0.39, 0.29) is 52.7 Å². The zero-order valence-corrected chi connectivity index (χ0v) is 9.16. The van der Waals surface area contributed by atoms with Crippen molar-refractivity contribution < 1.29 is 66.8 Å². The fourth-order valence-electron chi connectivity index (χ4n) is 0. The van der Waals surface area contributed by atoms with Crippen molar-refractivity contribution in [1.82, 2.24) is 0 Å². The summed E-state index contributed by atoms with van der Waals surface area (Å²) in [5.41, 5.74) is 0. The molecule has 0 aliphatic carbocycles. The molecule has 0 saturated carbocycles. The van der Waals surface area contributed by atoms with Crippen LogP contribution in [0.2, 0.25) is 0 Å². The van der Waals surface area contributed by atoms with E-state index >= 15 is 0 Å². The first-order chi connectivity index (χ1) is 1.73. The first-order valence-corrected chi connectivity index (χ1v) is 1.95. The Balaban J connectivity index is -0.0000000150. The van der Waals surface area contributed by atoms with Crippen molar-refractivity contribution in [2.75, 3.05) is 0 Å². The van der Waals surface area contributed by atoms with Crippen LogP contribution in [-0.2, 0) is 57.2 Å². The van der Waals surface area contributed by atoms with Gasteiger partial charge in [0.2, 0.25) is 0 Å². The summed E-state index contributed by atoms with van der Waals surface area (Å²) in [6.45, 7) is 0. The maximum Gasteiger partial charge on any atom is 0.761 e. The molecular weight excluding hydrogens is 259 g/mol. The SMILES string of the molecule is O=[Si](O)O.[Co].[Ni].[Zn]. The number of hydrogen-bond acceptors (Lipinski definition) is 1. The maximum absolute atomic E-state index is 8.74. The van der Waals surface area contributed by atoms with Gasteiger partial charge in [-0.1, -0.05) is 0 Å². The average molecular weight is 261 g/mol. The van der Waals surface area contributed by atoms with Gasteiger partial charge in [-0.15, -0.1) is 0 Å². The van der Waals surface area contributed by atoms with Crippen LogP contribution in [0.1, 0.15) is 0 Å². The fourth-order valence-corrected chi connectivity index (χ4v) is 0. The molecule has 3 nitrogen and oxygen atoms in total. The summed E-state index contributed by atoms with van der Waals surface area (Å²) in [6.07, 6.45) is 0. The summed E-state index contributed by atoms with van der Waals surface area (Å²) < 4.78 is 8.74. The van der Waals surface area contributed by atoms with Crippen molar-refractivity contribution in [3.63, 3.8) is 0 Å². The molecule has 0 spiro atoms. The minimum atomic E-state index is -3.13. The molecule has 1 radical (unpaired) electrons. The smallest absolute Gasteiger partial charge is 0.511 e. The Bertz CT molecular complexity index is 37.9. The van der Waals surface area contributed by atoms with Gasteiger partial charge < -0.3 is 9.59 Å². The van der Waals surface area contributed by atoms with Crippen molar-refractivity contribution >= 4 is 9.17 Å². The van der Waals surface area contributed by atoms with Crippen molar-refractivity contribution in [1.29, 1.82) is 0 Å². The molecule has 0 saturated heterocycles. The zero-order chi connectivity index (χ0) is 3.58. The Labute approximate surface area is 75.7 Å². The third kappa shape index (κ3) is 129. The molecule has 0 unspecified atom stereocenters. The van der Waals surface area contributed by atoms with Crippen molar-refractivity contribution in [3.8, 4) is 0 Å². The third-order valence-electron chi connectivity index (χ3n) is 0. The molecule has 0 heterocycles. The summed E-state index contributed by atoms with van der Waals surface area (Å²) in [5.74, 6) is 0. The van der Waals surface area contributed by atoms with Crippen LogP contribution >= 0.6 is 0 Å². The van der Waals surface area contributed by atoms with Crippen LogP contribution in [0, 0.1) is 0 Å². The van der Waals surface area contributed by atoms with Gasteiger partial charge in [-0.05, 0) is 0 Å². The van der Waals surface area contributed by atoms with Crippen LogP contribution in [0.25, 0.3) is 0 Å². The van der Waals surface area contributed by atoms with E-state index in [1.807, 2.05) is 0 Å². The molecule has 0 amide bonds. The molecule has 0 aromatic carbocycles. The molecule has 0 aromatic heterocycles. The van der Waals surface area contributed by atoms with Gasteiger partial charge in [0.05, 0.1) is 0 Å². The van der Waals surface area contributed by atoms with Crippen LogP contribution in [0.3, 0.4) is 0 Å². The second kappa shape index (κ2) is 15.7. The standard InChI is InChI=1S/Co.Ni.H2O3Si.Zn/c;;1-4(2)3;/h;;1-2H;. The van der Waals surface area contributed by atoms with E-state index < -0.39 is 9.17 Å². The number of rotatable bonds is 0. The quantitative estimate of drug-likeness (QED) is 0.515. The Morgan fingerprint density at radius 2 is 1.29 bits per heavy atom. The molecule has 2 N–H and O–H groups in total. The number of hydrogen-bond donors (Lipinski definition) is 2. The van der Waals surface area contributed by atoms with E-state index in [0.29, 0.717) is 0 Å². The van der Waals surface area contributed by atoms with Gasteiger partial charge in [0.25, 0.3) is 0 Å². The molecule has 0 fully saturated rings. The summed E-state index contributed by atoms with van der Waals surface area (Å²) in [5, 5.41) is 0. The third-order valence-corrected chi connectivity index (χ3v) is 0. The van der Waals surface area contributed by atoms with Gasteiger partial charge in [-0.2, -0.15) is 0 Å². The van der Waals surface area contributed by atoms with E-state index in [1.54, 1.807) is 0 Å². The largest absolute Gasteiger partial charge is 0.761 e. The second-order valence-electron chi connectivity index (χ2n) is 0.283. The molecule has 0 bridgehead atoms. The minimum absolute atomic E-state index is 0. The first kappa shape index (κ1) is 24.0. The van der Waals surface area contributed by atoms with Crippen molar-refractivity contribution in [2.45, 2.75) is 0 Å². The normalized spacial score (nSPS) is 3.43. The van der Waals surface area contributed by atoms with Crippen LogP contribution in [0.4, 0.5) is 0 Å². The monoisotopic (exact) mass is 259 g/mol. The van der Waals surface area contributed by atoms with E-state index in [9.17, 15) is 0 Å². The molecule has 0 aromatic rings. The summed E-state index contributed by atoms with van der Waals surface area (Å²) in [6, 6.07) is 0. The molecule has 0 rings (SSSR count). The summed E-state index contributed by atoms with van der Waals surface area (Å²) >= 11 is 0. The van der Waals surface area contributed by atoms with Gasteiger partial charge in [0.15, 0.2) is 0 Å². The van der Waals surface area contributed by atoms with E-state index in [1.165, 1.54) is 0 Å². The Morgan fingerprint density at radius 1 is 1.29 bits per heavy atom. The molecule has 0 atom stereocenters. The topological polar surface area (TPSA) is 57.5 Å². The van der Waals surface area contributed by atoms with E-state index in [4.69, 9.17) is 14.1 Å². The van der Waals surface area contributed by atoms with Gasteiger partial charge >= 0.3 is 9.17 Å². The minimum Gasteiger partial charge on any atom is -0.511 e. The zero-order valence-electron chi connectivity index (χ0n) is 3.16. The van der Waals surface area contributed by atoms with Crippen LogP contribution < -0.4 is 0 Å². The van der Waals surface area contributed by atoms with Crippen LogP contribution in [-0.4, -0.2) is 18.8 Å². The molecule has 7 heavy (non-hydrogen) atoms. The molecule has 0 aliphatic rings. The van der Waals surface area contributed by atoms with Crippen LogP contribution in [0.15, 0.2) is 0 Å². The second-order valence-corrected chi connectivity index (χ2v) is 0.848. The summed E-state index contributed by atoms with van der Waals surface area (Å²) in [4.78, 5) is 14.3. The van der Waals surface area contributed by atoms with E-state index in [0.717, 1.165) is 0 Å². The van der Waals surface area contributed by atoms with Gasteiger partial charge in [0.1, 0.15) is 0 Å². The first-order valence-electron chi connectivity index (χ1n) is 0.651. The van der Waals surface area contributed by atoms with Crippen molar-refractivity contribution in [3.05, 3.63) is 0 Å². The van der Waals surface area contributed by atoms with Crippen molar-refractivity contribution in [2.24, 2.45) is 0 Å². The molecule has 7 heteroatoms. The molecule has 0 aliphatic heterocycles. The molecule has 45 valence electrons. The summed E-state index contributed by atoms with van der Waals surface area (Å²) in [7, 11) is -3.13. The average Bonchev–Trinajstić information content (AvgIpc) is 0.811. The van der Waals surface area contributed by atoms with Gasteiger partial charge in [-0.3, -0.25) is 4.46 Å². The Hall–Kier alpha value is 1.24.